The molecule has 110 valence electrons. The number of carbonyl (C=O) groups is 1. The van der Waals surface area contributed by atoms with Crippen LogP contribution in [0.3, 0.4) is 0 Å². The van der Waals surface area contributed by atoms with Crippen LogP contribution in [-0.4, -0.2) is 41.8 Å². The molecule has 0 bridgehead atoms. The fourth-order valence-corrected chi connectivity index (χ4v) is 2.34. The lowest BCUT2D eigenvalue weighted by atomic mass is 10.1. The van der Waals surface area contributed by atoms with E-state index in [2.05, 4.69) is 4.98 Å². The van der Waals surface area contributed by atoms with Gasteiger partial charge < -0.3 is 4.90 Å². The minimum absolute atomic E-state index is 0.0665. The zero-order chi connectivity index (χ0) is 15.2. The van der Waals surface area contributed by atoms with Crippen LogP contribution in [0, 0.1) is 0 Å². The minimum atomic E-state index is -0.313. The second-order valence-electron chi connectivity index (χ2n) is 5.33. The number of likely N-dealkylation sites (N-methyl/N-ethyl adjacent to an activating group) is 2. The van der Waals surface area contributed by atoms with Gasteiger partial charge in [0.05, 0.1) is 0 Å². The van der Waals surface area contributed by atoms with Gasteiger partial charge >= 0.3 is 0 Å². The largest absolute Gasteiger partial charge is 0.340 e. The number of rotatable bonds is 5. The summed E-state index contributed by atoms with van der Waals surface area (Å²) in [5.41, 5.74) is 2.03. The highest BCUT2D eigenvalue weighted by atomic mass is 16.2. The van der Waals surface area contributed by atoms with Crippen molar-refractivity contribution in [1.29, 1.82) is 0 Å². The van der Waals surface area contributed by atoms with Gasteiger partial charge in [0.25, 0.3) is 0 Å². The summed E-state index contributed by atoms with van der Waals surface area (Å²) in [6, 6.07) is 13.5. The van der Waals surface area contributed by atoms with E-state index in [0.717, 1.165) is 11.1 Å². The van der Waals surface area contributed by atoms with Crippen molar-refractivity contribution < 1.29 is 4.79 Å². The maximum atomic E-state index is 12.7. The average Bonchev–Trinajstić information content (AvgIpc) is 2.49. The zero-order valence-corrected chi connectivity index (χ0v) is 12.7. The predicted octanol–water partition coefficient (Wildman–Crippen LogP) is 2.34. The first-order valence-electron chi connectivity index (χ1n) is 6.95. The van der Waals surface area contributed by atoms with Gasteiger partial charge in [-0.25, -0.2) is 0 Å². The number of carbonyl (C=O) groups excluding carboxylic acids is 1. The maximum Gasteiger partial charge on any atom is 0.244 e. The number of pyridine rings is 1. The van der Waals surface area contributed by atoms with Crippen LogP contribution in [0.2, 0.25) is 0 Å². The minimum Gasteiger partial charge on any atom is -0.340 e. The van der Waals surface area contributed by atoms with E-state index in [0.29, 0.717) is 6.54 Å². The summed E-state index contributed by atoms with van der Waals surface area (Å²) in [5.74, 6) is 0.0665. The molecule has 0 saturated carbocycles. The van der Waals surface area contributed by atoms with Crippen LogP contribution in [0.5, 0.6) is 0 Å². The smallest absolute Gasteiger partial charge is 0.244 e. The van der Waals surface area contributed by atoms with E-state index in [1.807, 2.05) is 68.5 Å². The molecule has 1 aromatic carbocycles. The molecule has 0 spiro atoms. The van der Waals surface area contributed by atoms with Crippen molar-refractivity contribution in [2.75, 3.05) is 21.1 Å². The van der Waals surface area contributed by atoms with E-state index in [9.17, 15) is 4.79 Å². The first-order chi connectivity index (χ1) is 10.1. The Morgan fingerprint density at radius 1 is 1.10 bits per heavy atom. The number of benzene rings is 1. The lowest BCUT2D eigenvalue weighted by Crippen LogP contribution is -2.38. The zero-order valence-electron chi connectivity index (χ0n) is 12.7. The normalized spacial score (nSPS) is 12.2. The molecule has 1 heterocycles. The summed E-state index contributed by atoms with van der Waals surface area (Å²) < 4.78 is 0. The fraction of sp³-hybridized carbons (Fsp3) is 0.294. The Hall–Kier alpha value is -2.20. The van der Waals surface area contributed by atoms with Gasteiger partial charge in [0.1, 0.15) is 6.04 Å². The molecule has 0 fully saturated rings. The number of nitrogens with zero attached hydrogens (tertiary/aromatic N) is 3. The Labute approximate surface area is 126 Å². The second kappa shape index (κ2) is 6.99. The number of hydrogen-bond donors (Lipinski definition) is 0. The maximum absolute atomic E-state index is 12.7. The van der Waals surface area contributed by atoms with Crippen molar-refractivity contribution in [2.24, 2.45) is 0 Å². The van der Waals surface area contributed by atoms with Crippen molar-refractivity contribution in [2.45, 2.75) is 12.6 Å². The third-order valence-corrected chi connectivity index (χ3v) is 3.39. The van der Waals surface area contributed by atoms with E-state index >= 15 is 0 Å². The topological polar surface area (TPSA) is 36.4 Å². The molecule has 0 aliphatic rings. The van der Waals surface area contributed by atoms with Crippen LogP contribution < -0.4 is 0 Å². The molecule has 4 nitrogen and oxygen atoms in total. The predicted molar refractivity (Wildman–Crippen MR) is 83.6 cm³/mol. The molecule has 1 unspecified atom stereocenters. The first-order valence-corrected chi connectivity index (χ1v) is 6.95. The Morgan fingerprint density at radius 2 is 1.81 bits per heavy atom. The van der Waals surface area contributed by atoms with E-state index in [1.54, 1.807) is 17.3 Å². The molecular formula is C17H21N3O. The third kappa shape index (κ3) is 3.89. The van der Waals surface area contributed by atoms with Gasteiger partial charge in [-0.05, 0) is 31.3 Å². The summed E-state index contributed by atoms with van der Waals surface area (Å²) in [7, 11) is 5.65. The quantitative estimate of drug-likeness (QED) is 0.845. The lowest BCUT2D eigenvalue weighted by molar-refractivity contribution is -0.135. The van der Waals surface area contributed by atoms with Gasteiger partial charge in [-0.15, -0.1) is 0 Å². The summed E-state index contributed by atoms with van der Waals surface area (Å²) in [6.45, 7) is 0.601. The van der Waals surface area contributed by atoms with Gasteiger partial charge in [-0.2, -0.15) is 0 Å². The number of aromatic nitrogens is 1. The van der Waals surface area contributed by atoms with Gasteiger partial charge in [-0.1, -0.05) is 36.4 Å². The van der Waals surface area contributed by atoms with E-state index in [-0.39, 0.29) is 11.9 Å². The lowest BCUT2D eigenvalue weighted by Gasteiger charge is -2.28. The molecule has 0 saturated heterocycles. The van der Waals surface area contributed by atoms with Crippen molar-refractivity contribution in [3.8, 4) is 0 Å². The third-order valence-electron chi connectivity index (χ3n) is 3.39. The molecular weight excluding hydrogens is 262 g/mol. The molecule has 1 amide bonds. The van der Waals surface area contributed by atoms with Crippen LogP contribution in [0.25, 0.3) is 0 Å². The molecule has 2 rings (SSSR count). The van der Waals surface area contributed by atoms with E-state index < -0.39 is 0 Å². The summed E-state index contributed by atoms with van der Waals surface area (Å²) in [6.07, 6.45) is 3.47. The number of amides is 1. The summed E-state index contributed by atoms with van der Waals surface area (Å²) >= 11 is 0. The molecule has 2 aromatic rings. The first kappa shape index (κ1) is 15.2. The molecule has 1 atom stereocenters. The Bertz CT molecular complexity index is 569. The average molecular weight is 283 g/mol. The molecule has 0 N–H and O–H groups in total. The molecule has 0 aliphatic heterocycles. The van der Waals surface area contributed by atoms with Gasteiger partial charge in [-0.3, -0.25) is 14.7 Å². The summed E-state index contributed by atoms with van der Waals surface area (Å²) in [5, 5.41) is 0. The van der Waals surface area contributed by atoms with Crippen LogP contribution in [0.1, 0.15) is 17.2 Å². The Kier molecular flexibility index (Phi) is 5.06. The Morgan fingerprint density at radius 3 is 2.38 bits per heavy atom. The highest BCUT2D eigenvalue weighted by molar-refractivity contribution is 5.83. The SMILES string of the molecule is CN(Cc1ccccc1)C(=O)C(c1cccnc1)N(C)C. The molecule has 0 aliphatic carbocycles. The Balaban J connectivity index is 2.15. The number of hydrogen-bond acceptors (Lipinski definition) is 3. The van der Waals surface area contributed by atoms with Crippen molar-refractivity contribution in [1.82, 2.24) is 14.8 Å². The standard InChI is InChI=1S/C17H21N3O/c1-19(2)16(15-10-7-11-18-12-15)17(21)20(3)13-14-8-5-4-6-9-14/h4-12,16H,13H2,1-3H3. The summed E-state index contributed by atoms with van der Waals surface area (Å²) in [4.78, 5) is 20.5. The van der Waals surface area contributed by atoms with Gasteiger partial charge in [0.15, 0.2) is 0 Å². The molecule has 4 heteroatoms. The second-order valence-corrected chi connectivity index (χ2v) is 5.33. The molecule has 0 radical (unpaired) electrons. The highest BCUT2D eigenvalue weighted by Gasteiger charge is 2.26. The molecule has 1 aromatic heterocycles. The van der Waals surface area contributed by atoms with Gasteiger partial charge in [0, 0.05) is 26.0 Å². The van der Waals surface area contributed by atoms with Crippen LogP contribution in [-0.2, 0) is 11.3 Å². The van der Waals surface area contributed by atoms with Crippen molar-refractivity contribution in [3.05, 3.63) is 66.0 Å². The van der Waals surface area contributed by atoms with Crippen molar-refractivity contribution >= 4 is 5.91 Å². The monoisotopic (exact) mass is 283 g/mol. The fourth-order valence-electron chi connectivity index (χ4n) is 2.34. The highest BCUT2D eigenvalue weighted by Crippen LogP contribution is 2.20. The van der Waals surface area contributed by atoms with Crippen LogP contribution >= 0.6 is 0 Å². The van der Waals surface area contributed by atoms with Crippen LogP contribution in [0.15, 0.2) is 54.9 Å². The van der Waals surface area contributed by atoms with Gasteiger partial charge in [0.2, 0.25) is 5.91 Å². The van der Waals surface area contributed by atoms with Crippen LogP contribution in [0.4, 0.5) is 0 Å². The van der Waals surface area contributed by atoms with E-state index in [1.165, 1.54) is 0 Å². The molecule has 21 heavy (non-hydrogen) atoms. The van der Waals surface area contributed by atoms with Crippen molar-refractivity contribution in [3.63, 3.8) is 0 Å². The van der Waals surface area contributed by atoms with E-state index in [4.69, 9.17) is 0 Å².